The summed E-state index contributed by atoms with van der Waals surface area (Å²) in [7, 11) is 0. The summed E-state index contributed by atoms with van der Waals surface area (Å²) in [5.41, 5.74) is 0. The Labute approximate surface area is 87.2 Å². The van der Waals surface area contributed by atoms with Gasteiger partial charge in [0.25, 0.3) is 0 Å². The van der Waals surface area contributed by atoms with Crippen LogP contribution in [0.2, 0.25) is 0 Å². The number of likely N-dealkylation sites (tertiary alicyclic amines) is 1. The molecule has 0 aliphatic carbocycles. The van der Waals surface area contributed by atoms with Crippen LogP contribution in [0.15, 0.2) is 0 Å². The molecular formula is C9H16BrNO2. The maximum absolute atomic E-state index is 11.5. The molecule has 3 nitrogen and oxygen atoms in total. The minimum Gasteiger partial charge on any atom is -0.396 e. The first-order chi connectivity index (χ1) is 6.15. The van der Waals surface area contributed by atoms with Crippen molar-refractivity contribution >= 4 is 21.8 Å². The van der Waals surface area contributed by atoms with Crippen LogP contribution >= 0.6 is 15.9 Å². The maximum atomic E-state index is 11.5. The third-order valence-electron chi connectivity index (χ3n) is 2.48. The van der Waals surface area contributed by atoms with E-state index in [-0.39, 0.29) is 17.3 Å². The summed E-state index contributed by atoms with van der Waals surface area (Å²) in [6, 6.07) is 0. The Morgan fingerprint density at radius 2 is 2.46 bits per heavy atom. The summed E-state index contributed by atoms with van der Waals surface area (Å²) < 4.78 is 0. The van der Waals surface area contributed by atoms with Gasteiger partial charge in [0.1, 0.15) is 0 Å². The van der Waals surface area contributed by atoms with E-state index in [1.54, 1.807) is 0 Å². The lowest BCUT2D eigenvalue weighted by Crippen LogP contribution is -2.33. The second-order valence-electron chi connectivity index (χ2n) is 3.57. The minimum atomic E-state index is -0.0830. The quantitative estimate of drug-likeness (QED) is 0.759. The van der Waals surface area contributed by atoms with Crippen molar-refractivity contribution < 1.29 is 9.90 Å². The van der Waals surface area contributed by atoms with Crippen molar-refractivity contribution in [3.8, 4) is 0 Å². The first kappa shape index (κ1) is 11.0. The molecule has 0 saturated carbocycles. The molecule has 1 rings (SSSR count). The highest BCUT2D eigenvalue weighted by molar-refractivity contribution is 9.10. The van der Waals surface area contributed by atoms with Crippen LogP contribution < -0.4 is 0 Å². The van der Waals surface area contributed by atoms with E-state index < -0.39 is 0 Å². The van der Waals surface area contributed by atoms with E-state index in [0.29, 0.717) is 5.92 Å². The zero-order chi connectivity index (χ0) is 9.84. The van der Waals surface area contributed by atoms with Gasteiger partial charge in [-0.3, -0.25) is 4.79 Å². The van der Waals surface area contributed by atoms with Crippen molar-refractivity contribution in [2.45, 2.75) is 24.6 Å². The highest BCUT2D eigenvalue weighted by Gasteiger charge is 2.27. The Morgan fingerprint density at radius 3 is 3.00 bits per heavy atom. The van der Waals surface area contributed by atoms with Gasteiger partial charge >= 0.3 is 0 Å². The first-order valence-electron chi connectivity index (χ1n) is 4.69. The summed E-state index contributed by atoms with van der Waals surface area (Å²) in [5.74, 6) is 0.667. The number of hydrogen-bond donors (Lipinski definition) is 1. The molecule has 76 valence electrons. The molecule has 0 spiro atoms. The van der Waals surface area contributed by atoms with Crippen molar-refractivity contribution in [1.82, 2.24) is 4.90 Å². The average Bonchev–Trinajstić information content (AvgIpc) is 2.52. The van der Waals surface area contributed by atoms with E-state index in [4.69, 9.17) is 5.11 Å². The van der Waals surface area contributed by atoms with Gasteiger partial charge in [-0.25, -0.2) is 0 Å². The molecule has 1 aliphatic rings. The molecule has 1 heterocycles. The number of carbonyl (C=O) groups is 1. The van der Waals surface area contributed by atoms with E-state index in [1.165, 1.54) is 0 Å². The van der Waals surface area contributed by atoms with Crippen LogP contribution in [-0.2, 0) is 4.79 Å². The second kappa shape index (κ2) is 4.96. The molecule has 1 fully saturated rings. The van der Waals surface area contributed by atoms with Gasteiger partial charge in [-0.15, -0.1) is 0 Å². The fraction of sp³-hybridized carbons (Fsp3) is 0.889. The number of nitrogens with zero attached hydrogens (tertiary/aromatic N) is 1. The van der Waals surface area contributed by atoms with Crippen molar-refractivity contribution in [3.05, 3.63) is 0 Å². The van der Waals surface area contributed by atoms with Crippen LogP contribution in [0.4, 0.5) is 0 Å². The van der Waals surface area contributed by atoms with E-state index in [0.717, 1.165) is 25.9 Å². The predicted molar refractivity (Wildman–Crippen MR) is 54.8 cm³/mol. The molecule has 1 N–H and O–H groups in total. The zero-order valence-corrected chi connectivity index (χ0v) is 9.46. The highest BCUT2D eigenvalue weighted by Crippen LogP contribution is 2.20. The van der Waals surface area contributed by atoms with E-state index in [1.807, 2.05) is 11.8 Å². The van der Waals surface area contributed by atoms with Gasteiger partial charge in [0.05, 0.1) is 4.83 Å². The lowest BCUT2D eigenvalue weighted by atomic mass is 10.1. The number of hydrogen-bond acceptors (Lipinski definition) is 2. The second-order valence-corrected chi connectivity index (χ2v) is 4.94. The monoisotopic (exact) mass is 249 g/mol. The topological polar surface area (TPSA) is 40.5 Å². The highest BCUT2D eigenvalue weighted by atomic mass is 79.9. The van der Waals surface area contributed by atoms with E-state index >= 15 is 0 Å². The average molecular weight is 250 g/mol. The molecular weight excluding hydrogens is 234 g/mol. The van der Waals surface area contributed by atoms with Crippen LogP contribution in [0.5, 0.6) is 0 Å². The molecule has 2 unspecified atom stereocenters. The normalized spacial score (nSPS) is 24.8. The van der Waals surface area contributed by atoms with Gasteiger partial charge in [0, 0.05) is 19.7 Å². The first-order valence-corrected chi connectivity index (χ1v) is 5.60. The smallest absolute Gasteiger partial charge is 0.236 e. The molecule has 0 radical (unpaired) electrons. The molecule has 1 aliphatic heterocycles. The Kier molecular flexibility index (Phi) is 4.19. The number of rotatable bonds is 3. The summed E-state index contributed by atoms with van der Waals surface area (Å²) in [6.45, 7) is 3.74. The Balaban J connectivity index is 2.36. The van der Waals surface area contributed by atoms with Crippen molar-refractivity contribution in [3.63, 3.8) is 0 Å². The number of aliphatic hydroxyl groups excluding tert-OH is 1. The molecule has 1 saturated heterocycles. The number of alkyl halides is 1. The molecule has 13 heavy (non-hydrogen) atoms. The molecule has 4 heteroatoms. The van der Waals surface area contributed by atoms with Crippen LogP contribution in [0.25, 0.3) is 0 Å². The third kappa shape index (κ3) is 2.95. The number of aliphatic hydroxyl groups is 1. The Morgan fingerprint density at radius 1 is 1.77 bits per heavy atom. The fourth-order valence-corrected chi connectivity index (χ4v) is 1.99. The summed E-state index contributed by atoms with van der Waals surface area (Å²) in [4.78, 5) is 13.3. The molecule has 0 aromatic carbocycles. The Hall–Kier alpha value is -0.0900. The standard InChI is InChI=1S/C9H16BrNO2/c1-7(10)9(13)11-4-2-8(6-11)3-5-12/h7-8,12H,2-6H2,1H3. The predicted octanol–water partition coefficient (Wildman–Crippen LogP) is 1.00. The van der Waals surface area contributed by atoms with Crippen LogP contribution in [0.3, 0.4) is 0 Å². The fourth-order valence-electron chi connectivity index (χ4n) is 1.70. The maximum Gasteiger partial charge on any atom is 0.236 e. The zero-order valence-electron chi connectivity index (χ0n) is 7.87. The summed E-state index contributed by atoms with van der Waals surface area (Å²) >= 11 is 3.27. The van der Waals surface area contributed by atoms with Crippen molar-refractivity contribution in [2.24, 2.45) is 5.92 Å². The van der Waals surface area contributed by atoms with Crippen molar-refractivity contribution in [2.75, 3.05) is 19.7 Å². The Bertz CT molecular complexity index is 184. The summed E-state index contributed by atoms with van der Waals surface area (Å²) in [6.07, 6.45) is 1.85. The van der Waals surface area contributed by atoms with Crippen molar-refractivity contribution in [1.29, 1.82) is 0 Å². The van der Waals surface area contributed by atoms with Gasteiger partial charge in [0.15, 0.2) is 0 Å². The van der Waals surface area contributed by atoms with Gasteiger partial charge in [-0.05, 0) is 25.7 Å². The number of carbonyl (C=O) groups excluding carboxylic acids is 1. The van der Waals surface area contributed by atoms with Gasteiger partial charge in [0.2, 0.25) is 5.91 Å². The number of halogens is 1. The molecule has 2 atom stereocenters. The lowest BCUT2D eigenvalue weighted by Gasteiger charge is -2.17. The van der Waals surface area contributed by atoms with Gasteiger partial charge in [-0.1, -0.05) is 15.9 Å². The molecule has 1 amide bonds. The molecule has 0 aromatic rings. The lowest BCUT2D eigenvalue weighted by molar-refractivity contribution is -0.129. The number of amides is 1. The largest absolute Gasteiger partial charge is 0.396 e. The molecule has 0 aromatic heterocycles. The van der Waals surface area contributed by atoms with E-state index in [9.17, 15) is 4.79 Å². The van der Waals surface area contributed by atoms with Gasteiger partial charge in [-0.2, -0.15) is 0 Å². The van der Waals surface area contributed by atoms with Crippen LogP contribution in [-0.4, -0.2) is 40.4 Å². The van der Waals surface area contributed by atoms with Gasteiger partial charge < -0.3 is 10.0 Å². The van der Waals surface area contributed by atoms with Crippen LogP contribution in [0.1, 0.15) is 19.8 Å². The molecule has 0 bridgehead atoms. The summed E-state index contributed by atoms with van der Waals surface area (Å²) in [5, 5.41) is 8.75. The van der Waals surface area contributed by atoms with E-state index in [2.05, 4.69) is 15.9 Å². The minimum absolute atomic E-state index is 0.0830. The SMILES string of the molecule is CC(Br)C(=O)N1CCC(CCO)C1. The van der Waals surface area contributed by atoms with Crippen LogP contribution in [0, 0.1) is 5.92 Å². The third-order valence-corrected chi connectivity index (χ3v) is 2.87.